The summed E-state index contributed by atoms with van der Waals surface area (Å²) in [5.74, 6) is 0.956. The number of nitrogens with one attached hydrogen (secondary N) is 1. The van der Waals surface area contributed by atoms with Gasteiger partial charge in [0.25, 0.3) is 0 Å². The van der Waals surface area contributed by atoms with E-state index < -0.39 is 0 Å². The average Bonchev–Trinajstić information content (AvgIpc) is 3.40. The van der Waals surface area contributed by atoms with Crippen LogP contribution < -0.4 is 5.32 Å². The van der Waals surface area contributed by atoms with Crippen LogP contribution in [0.3, 0.4) is 0 Å². The minimum absolute atomic E-state index is 0. The highest BCUT2D eigenvalue weighted by Gasteiger charge is 2.21. The quantitative estimate of drug-likeness (QED) is 0.793. The number of rotatable bonds is 8. The van der Waals surface area contributed by atoms with Gasteiger partial charge in [0.1, 0.15) is 0 Å². The fraction of sp³-hybridized carbons (Fsp3) is 0.350. The van der Waals surface area contributed by atoms with E-state index in [2.05, 4.69) is 29.6 Å². The van der Waals surface area contributed by atoms with Crippen LogP contribution in [-0.2, 0) is 17.9 Å². The average molecular weight is 345 g/mol. The molecule has 0 unspecified atom stereocenters. The van der Waals surface area contributed by atoms with Crippen LogP contribution in [0.5, 0.6) is 0 Å². The van der Waals surface area contributed by atoms with Crippen molar-refractivity contribution in [1.29, 1.82) is 0 Å². The van der Waals surface area contributed by atoms with Crippen LogP contribution in [0.15, 0.2) is 60.7 Å². The van der Waals surface area contributed by atoms with Crippen LogP contribution in [-0.4, -0.2) is 23.9 Å². The fourth-order valence-electron chi connectivity index (χ4n) is 2.66. The first-order valence-electron chi connectivity index (χ1n) is 8.37. The Morgan fingerprint density at radius 3 is 1.88 bits per heavy atom. The van der Waals surface area contributed by atoms with Gasteiger partial charge >= 0.3 is 0 Å². The number of nitrogens with zero attached hydrogens (tertiary/aromatic N) is 1. The minimum atomic E-state index is 0. The van der Waals surface area contributed by atoms with Crippen molar-refractivity contribution in [3.63, 3.8) is 0 Å². The molecule has 1 aliphatic rings. The lowest BCUT2D eigenvalue weighted by molar-refractivity contribution is -0.131. The maximum absolute atomic E-state index is 12.6. The molecule has 2 aromatic rings. The second kappa shape index (κ2) is 9.45. The van der Waals surface area contributed by atoms with E-state index in [-0.39, 0.29) is 18.3 Å². The van der Waals surface area contributed by atoms with E-state index in [0.29, 0.717) is 19.6 Å². The molecular formula is C20H25ClN2O. The van der Waals surface area contributed by atoms with Crippen LogP contribution in [0.1, 0.15) is 24.0 Å². The number of amides is 1. The molecule has 0 radical (unpaired) electrons. The van der Waals surface area contributed by atoms with Crippen molar-refractivity contribution < 1.29 is 4.79 Å². The first kappa shape index (κ1) is 18.5. The largest absolute Gasteiger partial charge is 0.333 e. The van der Waals surface area contributed by atoms with E-state index in [1.54, 1.807) is 0 Å². The molecule has 1 N–H and O–H groups in total. The summed E-state index contributed by atoms with van der Waals surface area (Å²) in [5, 5.41) is 3.31. The van der Waals surface area contributed by atoms with E-state index in [1.807, 2.05) is 41.3 Å². The van der Waals surface area contributed by atoms with Crippen molar-refractivity contribution in [1.82, 2.24) is 10.2 Å². The Bertz CT molecular complexity index is 573. The number of halogens is 1. The summed E-state index contributed by atoms with van der Waals surface area (Å²) in [4.78, 5) is 14.6. The maximum Gasteiger partial charge on any atom is 0.237 e. The van der Waals surface area contributed by atoms with Gasteiger partial charge in [-0.2, -0.15) is 0 Å². The molecule has 128 valence electrons. The van der Waals surface area contributed by atoms with Crippen LogP contribution in [0.4, 0.5) is 0 Å². The number of hydrogen-bond acceptors (Lipinski definition) is 2. The summed E-state index contributed by atoms with van der Waals surface area (Å²) < 4.78 is 0. The third-order valence-corrected chi connectivity index (χ3v) is 4.19. The highest BCUT2D eigenvalue weighted by atomic mass is 35.5. The number of carbonyl (C=O) groups excluding carboxylic acids is 1. The lowest BCUT2D eigenvalue weighted by atomic mass is 10.1. The van der Waals surface area contributed by atoms with Gasteiger partial charge in [0, 0.05) is 13.1 Å². The van der Waals surface area contributed by atoms with Gasteiger partial charge in [-0.3, -0.25) is 4.79 Å². The molecule has 3 nitrogen and oxygen atoms in total. The lowest BCUT2D eigenvalue weighted by Crippen LogP contribution is -2.38. The highest BCUT2D eigenvalue weighted by Crippen LogP contribution is 2.27. The summed E-state index contributed by atoms with van der Waals surface area (Å²) in [5.41, 5.74) is 2.33. The summed E-state index contributed by atoms with van der Waals surface area (Å²) >= 11 is 0. The molecule has 3 rings (SSSR count). The van der Waals surface area contributed by atoms with Crippen LogP contribution in [0, 0.1) is 5.92 Å². The molecule has 4 heteroatoms. The van der Waals surface area contributed by atoms with Gasteiger partial charge in [0.2, 0.25) is 5.91 Å². The smallest absolute Gasteiger partial charge is 0.237 e. The fourth-order valence-corrected chi connectivity index (χ4v) is 2.66. The van der Waals surface area contributed by atoms with Crippen molar-refractivity contribution in [2.24, 2.45) is 5.92 Å². The molecule has 1 fully saturated rings. The van der Waals surface area contributed by atoms with E-state index in [9.17, 15) is 4.79 Å². The third kappa shape index (κ3) is 5.99. The van der Waals surface area contributed by atoms with E-state index in [4.69, 9.17) is 0 Å². The first-order valence-corrected chi connectivity index (χ1v) is 8.37. The highest BCUT2D eigenvalue weighted by molar-refractivity contribution is 5.85. The Kier molecular flexibility index (Phi) is 7.29. The number of carbonyl (C=O) groups is 1. The normalized spacial score (nSPS) is 13.2. The molecule has 0 spiro atoms. The molecule has 2 aromatic carbocycles. The van der Waals surface area contributed by atoms with Crippen LogP contribution >= 0.6 is 12.4 Å². The van der Waals surface area contributed by atoms with E-state index >= 15 is 0 Å². The molecule has 1 amide bonds. The molecule has 0 aromatic heterocycles. The van der Waals surface area contributed by atoms with Crippen molar-refractivity contribution in [3.05, 3.63) is 71.8 Å². The van der Waals surface area contributed by atoms with Gasteiger partial charge in [-0.15, -0.1) is 12.4 Å². The van der Waals surface area contributed by atoms with Gasteiger partial charge in [-0.25, -0.2) is 0 Å². The number of hydrogen-bond donors (Lipinski definition) is 1. The van der Waals surface area contributed by atoms with Crippen LogP contribution in [0.25, 0.3) is 0 Å². The maximum atomic E-state index is 12.6. The van der Waals surface area contributed by atoms with Crippen molar-refractivity contribution in [3.8, 4) is 0 Å². The van der Waals surface area contributed by atoms with E-state index in [0.717, 1.165) is 12.5 Å². The predicted octanol–water partition coefficient (Wildman–Crippen LogP) is 3.64. The standard InChI is InChI=1S/C20H24N2O.ClH/c23-20(14-21-13-17-11-12-17)22(15-18-7-3-1-4-8-18)16-19-9-5-2-6-10-19;/h1-10,17,21H,11-16H2;1H. The molecule has 1 aliphatic carbocycles. The SMILES string of the molecule is Cl.O=C(CNCC1CC1)N(Cc1ccccc1)Cc1ccccc1. The second-order valence-electron chi connectivity index (χ2n) is 6.30. The van der Waals surface area contributed by atoms with Gasteiger partial charge < -0.3 is 10.2 Å². The zero-order valence-corrected chi connectivity index (χ0v) is 14.7. The van der Waals surface area contributed by atoms with Gasteiger partial charge in [0.05, 0.1) is 6.54 Å². The third-order valence-electron chi connectivity index (χ3n) is 4.19. The molecule has 0 atom stereocenters. The molecule has 0 bridgehead atoms. The predicted molar refractivity (Wildman–Crippen MR) is 100.0 cm³/mol. The van der Waals surface area contributed by atoms with Crippen molar-refractivity contribution >= 4 is 18.3 Å². The Morgan fingerprint density at radius 2 is 1.42 bits per heavy atom. The first-order chi connectivity index (χ1) is 11.3. The Labute approximate surface area is 150 Å². The van der Waals surface area contributed by atoms with E-state index in [1.165, 1.54) is 24.0 Å². The Hall–Kier alpha value is -1.84. The molecule has 0 heterocycles. The topological polar surface area (TPSA) is 32.3 Å². The Balaban J connectivity index is 0.00000208. The molecule has 0 aliphatic heterocycles. The molecule has 0 saturated heterocycles. The van der Waals surface area contributed by atoms with Gasteiger partial charge in [0.15, 0.2) is 0 Å². The zero-order valence-electron chi connectivity index (χ0n) is 13.9. The lowest BCUT2D eigenvalue weighted by Gasteiger charge is -2.23. The van der Waals surface area contributed by atoms with Crippen LogP contribution in [0.2, 0.25) is 0 Å². The second-order valence-corrected chi connectivity index (χ2v) is 6.30. The monoisotopic (exact) mass is 344 g/mol. The van der Waals surface area contributed by atoms with Gasteiger partial charge in [-0.1, -0.05) is 60.7 Å². The molecule has 24 heavy (non-hydrogen) atoms. The molecule has 1 saturated carbocycles. The summed E-state index contributed by atoms with van der Waals surface area (Å²) in [7, 11) is 0. The number of benzene rings is 2. The van der Waals surface area contributed by atoms with Crippen molar-refractivity contribution in [2.75, 3.05) is 13.1 Å². The summed E-state index contributed by atoms with van der Waals surface area (Å²) in [6.07, 6.45) is 2.61. The van der Waals surface area contributed by atoms with Gasteiger partial charge in [-0.05, 0) is 36.4 Å². The summed E-state index contributed by atoms with van der Waals surface area (Å²) in [6.45, 7) is 2.70. The summed E-state index contributed by atoms with van der Waals surface area (Å²) in [6, 6.07) is 20.4. The minimum Gasteiger partial charge on any atom is -0.333 e. The molecular weight excluding hydrogens is 320 g/mol. The van der Waals surface area contributed by atoms with Crippen molar-refractivity contribution in [2.45, 2.75) is 25.9 Å². The zero-order chi connectivity index (χ0) is 15.9. The Morgan fingerprint density at radius 1 is 0.917 bits per heavy atom.